The highest BCUT2D eigenvalue weighted by atomic mass is 16.5. The standard InChI is InChI=1S/C21H19N3O2/c1-21(2)10-16(25)19-17(11-21)26-20(24-8-3-4-9-24)15(12-22)18(19)14-6-5-7-23-13-14/h3-9,13,18H,10-11H2,1-2H3. The Labute approximate surface area is 152 Å². The second kappa shape index (κ2) is 5.99. The van der Waals surface area contributed by atoms with E-state index in [1.54, 1.807) is 17.0 Å². The van der Waals surface area contributed by atoms with Crippen molar-refractivity contribution in [1.82, 2.24) is 9.55 Å². The number of ether oxygens (including phenoxy) is 1. The van der Waals surface area contributed by atoms with Gasteiger partial charge in [-0.15, -0.1) is 0 Å². The van der Waals surface area contributed by atoms with Gasteiger partial charge >= 0.3 is 0 Å². The molecule has 0 saturated carbocycles. The second-order valence-electron chi connectivity index (χ2n) is 7.52. The van der Waals surface area contributed by atoms with Crippen LogP contribution in [0.15, 0.2) is 66.0 Å². The molecule has 5 heteroatoms. The van der Waals surface area contributed by atoms with Crippen LogP contribution in [0.1, 0.15) is 38.2 Å². The van der Waals surface area contributed by atoms with Crippen LogP contribution in [0.2, 0.25) is 0 Å². The van der Waals surface area contributed by atoms with Gasteiger partial charge in [-0.3, -0.25) is 14.3 Å². The van der Waals surface area contributed by atoms with Gasteiger partial charge in [-0.25, -0.2) is 0 Å². The molecule has 1 atom stereocenters. The van der Waals surface area contributed by atoms with Gasteiger partial charge in [-0.2, -0.15) is 5.26 Å². The molecule has 2 aromatic rings. The molecule has 0 radical (unpaired) electrons. The van der Waals surface area contributed by atoms with Crippen LogP contribution in [0.25, 0.3) is 5.88 Å². The maximum Gasteiger partial charge on any atom is 0.218 e. The highest BCUT2D eigenvalue weighted by Crippen LogP contribution is 2.49. The number of rotatable bonds is 2. The first kappa shape index (κ1) is 16.3. The predicted octanol–water partition coefficient (Wildman–Crippen LogP) is 4.03. The fraction of sp³-hybridized carbons (Fsp3) is 0.286. The highest BCUT2D eigenvalue weighted by Gasteiger charge is 2.43. The Hall–Kier alpha value is -3.13. The zero-order valence-electron chi connectivity index (χ0n) is 14.8. The average molecular weight is 345 g/mol. The SMILES string of the molecule is CC1(C)CC(=O)C2=C(C1)OC(n1cccc1)=C(C#N)C2c1cccnc1. The number of hydrogen-bond donors (Lipinski definition) is 0. The number of allylic oxidation sites excluding steroid dienone is 3. The minimum absolute atomic E-state index is 0.0457. The first-order chi connectivity index (χ1) is 12.5. The van der Waals surface area contributed by atoms with E-state index in [1.807, 2.05) is 36.7 Å². The molecule has 5 nitrogen and oxygen atoms in total. The van der Waals surface area contributed by atoms with Gasteiger partial charge in [0.25, 0.3) is 0 Å². The van der Waals surface area contributed by atoms with E-state index in [1.165, 1.54) is 0 Å². The molecule has 26 heavy (non-hydrogen) atoms. The lowest BCUT2D eigenvalue weighted by molar-refractivity contribution is -0.118. The summed E-state index contributed by atoms with van der Waals surface area (Å²) in [7, 11) is 0. The van der Waals surface area contributed by atoms with E-state index in [0.29, 0.717) is 35.6 Å². The molecule has 1 aliphatic heterocycles. The molecule has 1 unspecified atom stereocenters. The number of hydrogen-bond acceptors (Lipinski definition) is 4. The molecular formula is C21H19N3O2. The van der Waals surface area contributed by atoms with Crippen molar-refractivity contribution in [3.05, 3.63) is 71.5 Å². The van der Waals surface area contributed by atoms with Crippen LogP contribution in [-0.2, 0) is 9.53 Å². The van der Waals surface area contributed by atoms with Crippen molar-refractivity contribution >= 4 is 11.7 Å². The van der Waals surface area contributed by atoms with Crippen LogP contribution in [-0.4, -0.2) is 15.3 Å². The van der Waals surface area contributed by atoms with Gasteiger partial charge in [0.05, 0.1) is 5.92 Å². The van der Waals surface area contributed by atoms with Crippen molar-refractivity contribution in [3.63, 3.8) is 0 Å². The molecule has 0 amide bonds. The lowest BCUT2D eigenvalue weighted by Gasteiger charge is -2.37. The summed E-state index contributed by atoms with van der Waals surface area (Å²) >= 11 is 0. The molecule has 1 aliphatic carbocycles. The van der Waals surface area contributed by atoms with Crippen LogP contribution in [0.4, 0.5) is 0 Å². The topological polar surface area (TPSA) is 67.9 Å². The third kappa shape index (κ3) is 2.64. The number of carbonyl (C=O) groups excluding carboxylic acids is 1. The van der Waals surface area contributed by atoms with Gasteiger partial charge in [0.2, 0.25) is 5.88 Å². The highest BCUT2D eigenvalue weighted by molar-refractivity contribution is 6.00. The largest absolute Gasteiger partial charge is 0.443 e. The van der Waals surface area contributed by atoms with Crippen LogP contribution < -0.4 is 0 Å². The van der Waals surface area contributed by atoms with Gasteiger partial charge in [0.15, 0.2) is 5.78 Å². The third-order valence-corrected chi connectivity index (χ3v) is 4.88. The summed E-state index contributed by atoms with van der Waals surface area (Å²) < 4.78 is 7.94. The fourth-order valence-electron chi connectivity index (χ4n) is 3.78. The zero-order chi connectivity index (χ0) is 18.3. The van der Waals surface area contributed by atoms with Crippen LogP contribution in [0.3, 0.4) is 0 Å². The molecule has 4 rings (SSSR count). The Morgan fingerprint density at radius 3 is 2.69 bits per heavy atom. The quantitative estimate of drug-likeness (QED) is 0.824. The Bertz CT molecular complexity index is 960. The molecule has 0 fully saturated rings. The van der Waals surface area contributed by atoms with E-state index >= 15 is 0 Å². The fourth-order valence-corrected chi connectivity index (χ4v) is 3.78. The summed E-state index contributed by atoms with van der Waals surface area (Å²) in [4.78, 5) is 17.2. The number of pyridine rings is 1. The molecule has 0 aromatic carbocycles. The van der Waals surface area contributed by atoms with E-state index in [4.69, 9.17) is 4.74 Å². The summed E-state index contributed by atoms with van der Waals surface area (Å²) in [6, 6.07) is 9.78. The van der Waals surface area contributed by atoms with E-state index in [9.17, 15) is 10.1 Å². The number of aromatic nitrogens is 2. The van der Waals surface area contributed by atoms with Crippen molar-refractivity contribution < 1.29 is 9.53 Å². The van der Waals surface area contributed by atoms with E-state index < -0.39 is 5.92 Å². The van der Waals surface area contributed by atoms with Crippen molar-refractivity contribution in [1.29, 1.82) is 5.26 Å². The van der Waals surface area contributed by atoms with Crippen LogP contribution in [0.5, 0.6) is 0 Å². The van der Waals surface area contributed by atoms with E-state index in [2.05, 4.69) is 24.9 Å². The predicted molar refractivity (Wildman–Crippen MR) is 96.4 cm³/mol. The minimum atomic E-state index is -0.446. The smallest absolute Gasteiger partial charge is 0.218 e. The van der Waals surface area contributed by atoms with Gasteiger partial charge in [-0.1, -0.05) is 19.9 Å². The lowest BCUT2D eigenvalue weighted by atomic mass is 9.70. The van der Waals surface area contributed by atoms with Crippen LogP contribution >= 0.6 is 0 Å². The van der Waals surface area contributed by atoms with Crippen molar-refractivity contribution in [2.24, 2.45) is 5.41 Å². The maximum absolute atomic E-state index is 13.0. The summed E-state index contributed by atoms with van der Waals surface area (Å²) in [6.45, 7) is 4.13. The first-order valence-electron chi connectivity index (χ1n) is 8.62. The number of nitrogens with zero attached hydrogens (tertiary/aromatic N) is 3. The third-order valence-electron chi connectivity index (χ3n) is 4.88. The molecule has 0 saturated heterocycles. The van der Waals surface area contributed by atoms with Crippen molar-refractivity contribution in [2.45, 2.75) is 32.6 Å². The molecule has 3 heterocycles. The molecule has 0 spiro atoms. The Morgan fingerprint density at radius 1 is 1.27 bits per heavy atom. The molecule has 130 valence electrons. The van der Waals surface area contributed by atoms with Crippen LogP contribution in [0, 0.1) is 16.7 Å². The monoisotopic (exact) mass is 345 g/mol. The normalized spacial score (nSPS) is 21.9. The van der Waals surface area contributed by atoms with E-state index in [-0.39, 0.29) is 11.2 Å². The first-order valence-corrected chi connectivity index (χ1v) is 8.62. The number of ketones is 1. The second-order valence-corrected chi connectivity index (χ2v) is 7.52. The summed E-state index contributed by atoms with van der Waals surface area (Å²) in [5.41, 5.74) is 1.70. The van der Waals surface area contributed by atoms with Gasteiger partial charge in [0, 0.05) is 43.2 Å². The van der Waals surface area contributed by atoms with Crippen molar-refractivity contribution in [2.75, 3.05) is 0 Å². The van der Waals surface area contributed by atoms with Crippen molar-refractivity contribution in [3.8, 4) is 6.07 Å². The maximum atomic E-state index is 13.0. The Balaban J connectivity index is 1.95. The molecule has 2 aliphatic rings. The molecule has 0 bridgehead atoms. The Kier molecular flexibility index (Phi) is 3.77. The number of nitriles is 1. The van der Waals surface area contributed by atoms with E-state index in [0.717, 1.165) is 5.56 Å². The van der Waals surface area contributed by atoms with Gasteiger partial charge < -0.3 is 4.74 Å². The molecule has 0 N–H and O–H groups in total. The minimum Gasteiger partial charge on any atom is -0.443 e. The van der Waals surface area contributed by atoms with Gasteiger partial charge in [-0.05, 0) is 29.2 Å². The summed E-state index contributed by atoms with van der Waals surface area (Å²) in [5.74, 6) is 0.737. The average Bonchev–Trinajstić information content (AvgIpc) is 3.14. The Morgan fingerprint density at radius 2 is 2.04 bits per heavy atom. The lowest BCUT2D eigenvalue weighted by Crippen LogP contribution is -2.32. The summed E-state index contributed by atoms with van der Waals surface area (Å²) in [5, 5.41) is 9.92. The summed E-state index contributed by atoms with van der Waals surface area (Å²) in [6.07, 6.45) is 8.20. The molecular weight excluding hydrogens is 326 g/mol. The van der Waals surface area contributed by atoms with Gasteiger partial charge in [0.1, 0.15) is 17.4 Å². The zero-order valence-corrected chi connectivity index (χ0v) is 14.8. The number of carbonyl (C=O) groups is 1. The number of Topliss-reactive ketones (excluding diaryl/α,β-unsaturated/α-hetero) is 1. The molecule has 2 aromatic heterocycles.